The van der Waals surface area contributed by atoms with Crippen molar-refractivity contribution in [1.82, 2.24) is 0 Å². The van der Waals surface area contributed by atoms with E-state index in [0.717, 1.165) is 0 Å². The fourth-order valence-electron chi connectivity index (χ4n) is 3.66. The summed E-state index contributed by atoms with van der Waals surface area (Å²) >= 11 is 0. The van der Waals surface area contributed by atoms with Gasteiger partial charge in [0, 0.05) is 0 Å². The Morgan fingerprint density at radius 1 is 1.26 bits per heavy atom. The third-order valence-electron chi connectivity index (χ3n) is 4.94. The fraction of sp³-hybridized carbons (Fsp3) is 0.667. The normalized spacial score (nSPS) is 27.4. The van der Waals surface area contributed by atoms with E-state index in [1.807, 2.05) is 0 Å². The van der Waals surface area contributed by atoms with Gasteiger partial charge in [0.1, 0.15) is 0 Å². The first-order valence-corrected chi connectivity index (χ1v) is 7.65. The molecule has 1 nitrogen and oxygen atoms in total. The summed E-state index contributed by atoms with van der Waals surface area (Å²) in [7, 11) is 0. The molecule has 1 aliphatic rings. The van der Waals surface area contributed by atoms with Gasteiger partial charge in [-0.3, -0.25) is 0 Å². The van der Waals surface area contributed by atoms with E-state index in [1.165, 1.54) is 47.9 Å². The molecule has 1 N–H and O–H groups in total. The van der Waals surface area contributed by atoms with Gasteiger partial charge in [0.05, 0.1) is 6.10 Å². The Labute approximate surface area is 118 Å². The number of hydrogen-bond donors (Lipinski definition) is 1. The van der Waals surface area contributed by atoms with Crippen LogP contribution in [0.25, 0.3) is 0 Å². The van der Waals surface area contributed by atoms with Crippen LogP contribution in [0.2, 0.25) is 0 Å². The zero-order chi connectivity index (χ0) is 14.2. The molecule has 1 heteroatoms. The quantitative estimate of drug-likeness (QED) is 0.801. The Morgan fingerprint density at radius 2 is 1.84 bits per heavy atom. The zero-order valence-corrected chi connectivity index (χ0v) is 13.1. The largest absolute Gasteiger partial charge is 0.388 e. The number of aryl methyl sites for hydroxylation is 3. The Kier molecular flexibility index (Phi) is 4.06. The molecule has 0 saturated heterocycles. The maximum atomic E-state index is 10.7. The second-order valence-corrected chi connectivity index (χ2v) is 6.83. The van der Waals surface area contributed by atoms with Gasteiger partial charge in [0.25, 0.3) is 0 Å². The molecule has 0 heterocycles. The van der Waals surface area contributed by atoms with Crippen molar-refractivity contribution in [2.75, 3.05) is 0 Å². The van der Waals surface area contributed by atoms with Crippen LogP contribution in [-0.2, 0) is 0 Å². The van der Waals surface area contributed by atoms with Crippen molar-refractivity contribution in [2.24, 2.45) is 11.3 Å². The Morgan fingerprint density at radius 3 is 2.37 bits per heavy atom. The summed E-state index contributed by atoms with van der Waals surface area (Å²) in [6, 6.07) is 4.38. The molecule has 0 unspecified atom stereocenters. The first-order chi connectivity index (χ1) is 8.89. The van der Waals surface area contributed by atoms with Crippen LogP contribution < -0.4 is 0 Å². The van der Waals surface area contributed by atoms with Crippen LogP contribution in [0, 0.1) is 32.1 Å². The number of aliphatic hydroxyl groups excluding tert-OH is 1. The van der Waals surface area contributed by atoms with E-state index >= 15 is 0 Å². The van der Waals surface area contributed by atoms with Crippen molar-refractivity contribution in [3.8, 4) is 0 Å². The van der Waals surface area contributed by atoms with Crippen molar-refractivity contribution in [3.05, 3.63) is 34.4 Å². The van der Waals surface area contributed by atoms with Gasteiger partial charge in [-0.1, -0.05) is 44.4 Å². The topological polar surface area (TPSA) is 20.2 Å². The number of benzene rings is 1. The van der Waals surface area contributed by atoms with Gasteiger partial charge in [-0.05, 0) is 61.6 Å². The zero-order valence-electron chi connectivity index (χ0n) is 13.1. The number of hydrogen-bond acceptors (Lipinski definition) is 1. The highest BCUT2D eigenvalue weighted by atomic mass is 16.3. The van der Waals surface area contributed by atoms with Crippen LogP contribution in [-0.4, -0.2) is 5.11 Å². The van der Waals surface area contributed by atoms with Crippen molar-refractivity contribution < 1.29 is 5.11 Å². The minimum atomic E-state index is -0.276. The molecule has 0 aromatic heterocycles. The summed E-state index contributed by atoms with van der Waals surface area (Å²) in [5.41, 5.74) is 5.33. The molecule has 0 radical (unpaired) electrons. The molecule has 2 rings (SSSR count). The molecule has 1 fully saturated rings. The third kappa shape index (κ3) is 2.86. The molecule has 0 bridgehead atoms. The summed E-state index contributed by atoms with van der Waals surface area (Å²) in [5, 5.41) is 10.7. The lowest BCUT2D eigenvalue weighted by atomic mass is 9.89. The molecule has 106 valence electrons. The molecule has 0 aliphatic heterocycles. The number of rotatable bonds is 5. The monoisotopic (exact) mass is 260 g/mol. The van der Waals surface area contributed by atoms with E-state index in [9.17, 15) is 5.11 Å². The lowest BCUT2D eigenvalue weighted by Gasteiger charge is -2.20. The number of unbranched alkanes of at least 4 members (excludes halogenated alkanes) is 1. The number of aliphatic hydroxyl groups is 1. The SMILES string of the molecule is CCCC[C@]1(C)C[C@H]1[C@H](O)c1c(C)cc(C)cc1C. The van der Waals surface area contributed by atoms with Gasteiger partial charge >= 0.3 is 0 Å². The average molecular weight is 260 g/mol. The van der Waals surface area contributed by atoms with Gasteiger partial charge in [-0.15, -0.1) is 0 Å². The van der Waals surface area contributed by atoms with Crippen molar-refractivity contribution in [2.45, 2.75) is 66.4 Å². The average Bonchev–Trinajstić information content (AvgIpc) is 2.98. The standard InChI is InChI=1S/C18H28O/c1-6-7-8-18(5)11-15(18)17(19)16-13(3)9-12(2)10-14(16)4/h9-10,15,17,19H,6-8,11H2,1-5H3/t15-,17-,18+/m0/s1. The highest BCUT2D eigenvalue weighted by Crippen LogP contribution is 2.61. The van der Waals surface area contributed by atoms with E-state index in [-0.39, 0.29) is 6.10 Å². The minimum absolute atomic E-state index is 0.276. The molecule has 1 aliphatic carbocycles. The van der Waals surface area contributed by atoms with Gasteiger partial charge in [-0.25, -0.2) is 0 Å². The van der Waals surface area contributed by atoms with Crippen LogP contribution in [0.15, 0.2) is 12.1 Å². The molecule has 0 amide bonds. The van der Waals surface area contributed by atoms with E-state index in [4.69, 9.17) is 0 Å². The van der Waals surface area contributed by atoms with Crippen LogP contribution in [0.1, 0.15) is 67.9 Å². The van der Waals surface area contributed by atoms with Crippen molar-refractivity contribution in [3.63, 3.8) is 0 Å². The van der Waals surface area contributed by atoms with Gasteiger partial charge in [0.15, 0.2) is 0 Å². The van der Waals surface area contributed by atoms with Crippen LogP contribution in [0.5, 0.6) is 0 Å². The Bertz CT molecular complexity index is 440. The molecular weight excluding hydrogens is 232 g/mol. The third-order valence-corrected chi connectivity index (χ3v) is 4.94. The molecule has 3 atom stereocenters. The lowest BCUT2D eigenvalue weighted by molar-refractivity contribution is 0.132. The second-order valence-electron chi connectivity index (χ2n) is 6.83. The van der Waals surface area contributed by atoms with Gasteiger partial charge in [-0.2, -0.15) is 0 Å². The molecule has 1 aromatic carbocycles. The molecular formula is C18H28O. The summed E-state index contributed by atoms with van der Waals surface area (Å²) < 4.78 is 0. The summed E-state index contributed by atoms with van der Waals surface area (Å²) in [6.07, 6.45) is 4.70. The smallest absolute Gasteiger partial charge is 0.0828 e. The first kappa shape index (κ1) is 14.6. The fourth-order valence-corrected chi connectivity index (χ4v) is 3.66. The van der Waals surface area contributed by atoms with E-state index in [2.05, 4.69) is 46.8 Å². The van der Waals surface area contributed by atoms with Crippen LogP contribution in [0.3, 0.4) is 0 Å². The predicted octanol–water partition coefficient (Wildman–Crippen LogP) is 4.86. The first-order valence-electron chi connectivity index (χ1n) is 7.65. The van der Waals surface area contributed by atoms with Gasteiger partial charge < -0.3 is 5.11 Å². The van der Waals surface area contributed by atoms with E-state index in [1.54, 1.807) is 0 Å². The molecule has 1 aromatic rings. The Hall–Kier alpha value is -0.820. The second kappa shape index (κ2) is 5.28. The van der Waals surface area contributed by atoms with Gasteiger partial charge in [0.2, 0.25) is 0 Å². The maximum Gasteiger partial charge on any atom is 0.0828 e. The predicted molar refractivity (Wildman–Crippen MR) is 81.4 cm³/mol. The molecule has 0 spiro atoms. The van der Waals surface area contributed by atoms with Crippen molar-refractivity contribution >= 4 is 0 Å². The van der Waals surface area contributed by atoms with E-state index in [0.29, 0.717) is 11.3 Å². The van der Waals surface area contributed by atoms with E-state index < -0.39 is 0 Å². The molecule has 1 saturated carbocycles. The highest BCUT2D eigenvalue weighted by Gasteiger charge is 2.53. The van der Waals surface area contributed by atoms with Crippen LogP contribution in [0.4, 0.5) is 0 Å². The van der Waals surface area contributed by atoms with Crippen molar-refractivity contribution in [1.29, 1.82) is 0 Å². The summed E-state index contributed by atoms with van der Waals surface area (Å²) in [4.78, 5) is 0. The summed E-state index contributed by atoms with van der Waals surface area (Å²) in [5.74, 6) is 0.458. The highest BCUT2D eigenvalue weighted by molar-refractivity contribution is 5.40. The van der Waals surface area contributed by atoms with Crippen LogP contribution >= 0.6 is 0 Å². The maximum absolute atomic E-state index is 10.7. The minimum Gasteiger partial charge on any atom is -0.388 e. The Balaban J connectivity index is 2.16. The lowest BCUT2D eigenvalue weighted by Crippen LogP contribution is -2.10. The molecule has 19 heavy (non-hydrogen) atoms. The summed E-state index contributed by atoms with van der Waals surface area (Å²) in [6.45, 7) is 11.0.